The smallest absolute Gasteiger partial charge is 0.226 e. The van der Waals surface area contributed by atoms with E-state index in [0.29, 0.717) is 31.2 Å². The van der Waals surface area contributed by atoms with Crippen LogP contribution < -0.4 is 4.74 Å². The monoisotopic (exact) mass is 359 g/mol. The maximum Gasteiger partial charge on any atom is 0.226 e. The lowest BCUT2D eigenvalue weighted by Gasteiger charge is -2.32. The minimum atomic E-state index is 0.163. The molecule has 2 aromatic rings. The fraction of sp³-hybridized carbons (Fsp3) is 0.526. The van der Waals surface area contributed by atoms with Crippen molar-refractivity contribution in [1.82, 2.24) is 15.0 Å². The SMILES string of the molecule is COc1ccc(CC(=O)N2CCC(OCCc3noc(C)n3)CC2)cc1. The summed E-state index contributed by atoms with van der Waals surface area (Å²) < 4.78 is 16.0. The Morgan fingerprint density at radius 1 is 1.27 bits per heavy atom. The molecule has 1 aromatic heterocycles. The Morgan fingerprint density at radius 2 is 2.00 bits per heavy atom. The molecule has 1 aliphatic rings. The third-order valence-corrected chi connectivity index (χ3v) is 4.56. The maximum absolute atomic E-state index is 12.5. The Morgan fingerprint density at radius 3 is 2.62 bits per heavy atom. The van der Waals surface area contributed by atoms with Gasteiger partial charge in [-0.2, -0.15) is 4.98 Å². The standard InChI is InChI=1S/C19H25N3O4/c1-14-20-18(21-26-14)9-12-25-17-7-10-22(11-8-17)19(23)13-15-3-5-16(24-2)6-4-15/h3-6,17H,7-13H2,1-2H3. The number of amides is 1. The number of benzene rings is 1. The minimum absolute atomic E-state index is 0.163. The average molecular weight is 359 g/mol. The number of hydrogen-bond donors (Lipinski definition) is 0. The predicted octanol–water partition coefficient (Wildman–Crippen LogP) is 2.18. The van der Waals surface area contributed by atoms with Crippen molar-refractivity contribution in [2.45, 2.75) is 38.7 Å². The van der Waals surface area contributed by atoms with Gasteiger partial charge in [-0.05, 0) is 30.5 Å². The van der Waals surface area contributed by atoms with Gasteiger partial charge >= 0.3 is 0 Å². The van der Waals surface area contributed by atoms with Gasteiger partial charge in [0, 0.05) is 26.4 Å². The molecule has 3 rings (SSSR count). The Bertz CT molecular complexity index is 706. The molecule has 0 saturated carbocycles. The number of nitrogens with zero attached hydrogens (tertiary/aromatic N) is 3. The first kappa shape index (κ1) is 18.4. The summed E-state index contributed by atoms with van der Waals surface area (Å²) in [6.45, 7) is 3.82. The normalized spacial score (nSPS) is 15.2. The van der Waals surface area contributed by atoms with Gasteiger partial charge in [-0.15, -0.1) is 0 Å². The van der Waals surface area contributed by atoms with Crippen molar-refractivity contribution in [3.63, 3.8) is 0 Å². The molecule has 1 aromatic carbocycles. The molecular weight excluding hydrogens is 334 g/mol. The molecule has 0 unspecified atom stereocenters. The summed E-state index contributed by atoms with van der Waals surface area (Å²) in [7, 11) is 1.63. The molecule has 1 fully saturated rings. The topological polar surface area (TPSA) is 77.7 Å². The van der Waals surface area contributed by atoms with Crippen LogP contribution in [-0.4, -0.2) is 53.9 Å². The number of likely N-dealkylation sites (tertiary alicyclic amines) is 1. The first-order chi connectivity index (χ1) is 12.6. The summed E-state index contributed by atoms with van der Waals surface area (Å²) >= 11 is 0. The van der Waals surface area contributed by atoms with Crippen molar-refractivity contribution in [1.29, 1.82) is 0 Å². The van der Waals surface area contributed by atoms with Gasteiger partial charge in [-0.3, -0.25) is 4.79 Å². The van der Waals surface area contributed by atoms with Crippen LogP contribution in [-0.2, 0) is 22.4 Å². The summed E-state index contributed by atoms with van der Waals surface area (Å²) in [6.07, 6.45) is 2.98. The number of aryl methyl sites for hydroxylation is 1. The number of piperidine rings is 1. The molecule has 26 heavy (non-hydrogen) atoms. The van der Waals surface area contributed by atoms with Gasteiger partial charge in [0.15, 0.2) is 5.82 Å². The van der Waals surface area contributed by atoms with E-state index in [9.17, 15) is 4.79 Å². The Kier molecular flexibility index (Phi) is 6.22. The van der Waals surface area contributed by atoms with Gasteiger partial charge in [0.05, 0.1) is 26.2 Å². The molecule has 0 radical (unpaired) electrons. The van der Waals surface area contributed by atoms with Crippen LogP contribution in [0.1, 0.15) is 30.1 Å². The second kappa shape index (κ2) is 8.80. The van der Waals surface area contributed by atoms with Crippen molar-refractivity contribution >= 4 is 5.91 Å². The predicted molar refractivity (Wildman–Crippen MR) is 95.0 cm³/mol. The van der Waals surface area contributed by atoms with E-state index in [1.54, 1.807) is 14.0 Å². The Hall–Kier alpha value is -2.41. The van der Waals surface area contributed by atoms with Crippen molar-refractivity contribution in [3.8, 4) is 5.75 Å². The number of aromatic nitrogens is 2. The van der Waals surface area contributed by atoms with Crippen LogP contribution in [0.3, 0.4) is 0 Å². The van der Waals surface area contributed by atoms with Crippen LogP contribution in [0.2, 0.25) is 0 Å². The second-order valence-corrected chi connectivity index (χ2v) is 6.46. The van der Waals surface area contributed by atoms with Gasteiger partial charge in [0.1, 0.15) is 5.75 Å². The molecule has 1 amide bonds. The van der Waals surface area contributed by atoms with E-state index in [1.165, 1.54) is 0 Å². The zero-order valence-electron chi connectivity index (χ0n) is 15.3. The highest BCUT2D eigenvalue weighted by Gasteiger charge is 2.23. The summed E-state index contributed by atoms with van der Waals surface area (Å²) in [6, 6.07) is 7.64. The first-order valence-corrected chi connectivity index (χ1v) is 8.95. The molecule has 140 valence electrons. The highest BCUT2D eigenvalue weighted by molar-refractivity contribution is 5.78. The van der Waals surface area contributed by atoms with Crippen LogP contribution in [0.4, 0.5) is 0 Å². The summed E-state index contributed by atoms with van der Waals surface area (Å²) in [5.74, 6) is 2.21. The molecule has 1 aliphatic heterocycles. The Balaban J connectivity index is 1.37. The number of carbonyl (C=O) groups is 1. The number of hydrogen-bond acceptors (Lipinski definition) is 6. The van der Waals surface area contributed by atoms with E-state index in [0.717, 1.165) is 37.2 Å². The molecule has 7 nitrogen and oxygen atoms in total. The molecule has 1 saturated heterocycles. The largest absolute Gasteiger partial charge is 0.497 e. The molecule has 0 aliphatic carbocycles. The fourth-order valence-corrected chi connectivity index (χ4v) is 3.06. The van der Waals surface area contributed by atoms with Crippen LogP contribution in [0.25, 0.3) is 0 Å². The van der Waals surface area contributed by atoms with Crippen LogP contribution in [0.15, 0.2) is 28.8 Å². The molecule has 7 heteroatoms. The number of ether oxygens (including phenoxy) is 2. The summed E-state index contributed by atoms with van der Waals surface area (Å²) in [5, 5.41) is 3.86. The van der Waals surface area contributed by atoms with Crippen LogP contribution in [0.5, 0.6) is 5.75 Å². The van der Waals surface area contributed by atoms with Gasteiger partial charge in [-0.25, -0.2) is 0 Å². The third-order valence-electron chi connectivity index (χ3n) is 4.56. The maximum atomic E-state index is 12.5. The summed E-state index contributed by atoms with van der Waals surface area (Å²) in [4.78, 5) is 18.5. The Labute approximate surface area is 153 Å². The summed E-state index contributed by atoms with van der Waals surface area (Å²) in [5.41, 5.74) is 1.00. The van der Waals surface area contributed by atoms with Crippen molar-refractivity contribution in [2.75, 3.05) is 26.8 Å². The molecule has 2 heterocycles. The number of methoxy groups -OCH3 is 1. The lowest BCUT2D eigenvalue weighted by atomic mass is 10.1. The number of rotatable bonds is 7. The number of carbonyl (C=O) groups excluding carboxylic acids is 1. The highest BCUT2D eigenvalue weighted by Crippen LogP contribution is 2.17. The first-order valence-electron chi connectivity index (χ1n) is 8.95. The van der Waals surface area contributed by atoms with Gasteiger partial charge in [-0.1, -0.05) is 17.3 Å². The van der Waals surface area contributed by atoms with E-state index < -0.39 is 0 Å². The zero-order valence-corrected chi connectivity index (χ0v) is 15.3. The van der Waals surface area contributed by atoms with Crippen LogP contribution >= 0.6 is 0 Å². The lowest BCUT2D eigenvalue weighted by molar-refractivity contribution is -0.133. The second-order valence-electron chi connectivity index (χ2n) is 6.46. The lowest BCUT2D eigenvalue weighted by Crippen LogP contribution is -2.41. The van der Waals surface area contributed by atoms with E-state index in [-0.39, 0.29) is 12.0 Å². The van der Waals surface area contributed by atoms with E-state index in [1.807, 2.05) is 29.2 Å². The fourth-order valence-electron chi connectivity index (χ4n) is 3.06. The molecule has 0 atom stereocenters. The van der Waals surface area contributed by atoms with Gasteiger partial charge in [0.2, 0.25) is 11.8 Å². The molecule has 0 spiro atoms. The molecule has 0 N–H and O–H groups in total. The quantitative estimate of drug-likeness (QED) is 0.754. The van der Waals surface area contributed by atoms with E-state index in [4.69, 9.17) is 14.0 Å². The van der Waals surface area contributed by atoms with Crippen LogP contribution in [0, 0.1) is 6.92 Å². The zero-order chi connectivity index (χ0) is 18.4. The van der Waals surface area contributed by atoms with Gasteiger partial charge in [0.25, 0.3) is 0 Å². The van der Waals surface area contributed by atoms with Crippen molar-refractivity contribution in [3.05, 3.63) is 41.5 Å². The van der Waals surface area contributed by atoms with E-state index in [2.05, 4.69) is 10.1 Å². The molecular formula is C19H25N3O4. The molecule has 0 bridgehead atoms. The van der Waals surface area contributed by atoms with Gasteiger partial charge < -0.3 is 18.9 Å². The average Bonchev–Trinajstić information content (AvgIpc) is 3.08. The van der Waals surface area contributed by atoms with Crippen molar-refractivity contribution < 1.29 is 18.8 Å². The highest BCUT2D eigenvalue weighted by atomic mass is 16.5. The minimum Gasteiger partial charge on any atom is -0.497 e. The third kappa shape index (κ3) is 5.05. The van der Waals surface area contributed by atoms with E-state index >= 15 is 0 Å². The van der Waals surface area contributed by atoms with Crippen molar-refractivity contribution in [2.24, 2.45) is 0 Å².